The van der Waals surface area contributed by atoms with Gasteiger partial charge in [-0.25, -0.2) is 0 Å². The van der Waals surface area contributed by atoms with Gasteiger partial charge in [-0.15, -0.1) is 0 Å². The van der Waals surface area contributed by atoms with Gasteiger partial charge in [0.2, 0.25) is 0 Å². The molecule has 0 atom stereocenters. The SMILES string of the molecule is Cc1cc(C(=O)Cc2c(C)nn(C)c2Cl)c(C)nn1. The molecule has 0 aliphatic rings. The molecule has 0 unspecified atom stereocenters. The van der Waals surface area contributed by atoms with Gasteiger partial charge in [-0.2, -0.15) is 15.3 Å². The number of halogens is 1. The molecule has 0 saturated carbocycles. The van der Waals surface area contributed by atoms with E-state index in [9.17, 15) is 4.79 Å². The molecule has 6 heteroatoms. The molecule has 19 heavy (non-hydrogen) atoms. The number of hydrogen-bond donors (Lipinski definition) is 0. The summed E-state index contributed by atoms with van der Waals surface area (Å²) in [4.78, 5) is 12.3. The summed E-state index contributed by atoms with van der Waals surface area (Å²) < 4.78 is 1.57. The number of hydrogen-bond acceptors (Lipinski definition) is 4. The third-order valence-corrected chi connectivity index (χ3v) is 3.48. The van der Waals surface area contributed by atoms with Crippen LogP contribution in [0.1, 0.15) is 33.0 Å². The zero-order valence-corrected chi connectivity index (χ0v) is 12.1. The Hall–Kier alpha value is -1.75. The lowest BCUT2D eigenvalue weighted by molar-refractivity contribution is 0.0991. The number of aryl methyl sites for hydroxylation is 4. The molecule has 0 N–H and O–H groups in total. The molecule has 2 rings (SSSR count). The first kappa shape index (κ1) is 13.7. The third-order valence-electron chi connectivity index (χ3n) is 3.01. The Morgan fingerprint density at radius 3 is 2.53 bits per heavy atom. The third kappa shape index (κ3) is 2.66. The van der Waals surface area contributed by atoms with Crippen molar-refractivity contribution in [2.45, 2.75) is 27.2 Å². The molecule has 0 spiro atoms. The van der Waals surface area contributed by atoms with Crippen LogP contribution in [-0.2, 0) is 13.5 Å². The number of Topliss-reactive ketones (excluding diaryl/α,β-unsaturated/α-hetero) is 1. The normalized spacial score (nSPS) is 10.8. The molecule has 0 amide bonds. The Bertz CT molecular complexity index is 648. The van der Waals surface area contributed by atoms with Crippen molar-refractivity contribution in [2.75, 3.05) is 0 Å². The van der Waals surface area contributed by atoms with E-state index in [2.05, 4.69) is 15.3 Å². The van der Waals surface area contributed by atoms with Crippen LogP contribution in [0.2, 0.25) is 5.15 Å². The summed E-state index contributed by atoms with van der Waals surface area (Å²) in [7, 11) is 1.76. The molecule has 0 radical (unpaired) electrons. The molecule has 0 aliphatic carbocycles. The fraction of sp³-hybridized carbons (Fsp3) is 0.385. The van der Waals surface area contributed by atoms with Crippen molar-refractivity contribution in [1.82, 2.24) is 20.0 Å². The van der Waals surface area contributed by atoms with Gasteiger partial charge in [0, 0.05) is 24.6 Å². The van der Waals surface area contributed by atoms with E-state index in [-0.39, 0.29) is 12.2 Å². The second-order valence-corrected chi connectivity index (χ2v) is 4.92. The van der Waals surface area contributed by atoms with Crippen molar-refractivity contribution in [3.05, 3.63) is 39.4 Å². The molecule has 2 heterocycles. The Labute approximate surface area is 116 Å². The van der Waals surface area contributed by atoms with Crippen molar-refractivity contribution < 1.29 is 4.79 Å². The highest BCUT2D eigenvalue weighted by atomic mass is 35.5. The summed E-state index contributed by atoms with van der Waals surface area (Å²) in [5.41, 5.74) is 3.49. The maximum Gasteiger partial charge on any atom is 0.169 e. The number of ketones is 1. The summed E-state index contributed by atoms with van der Waals surface area (Å²) >= 11 is 6.14. The summed E-state index contributed by atoms with van der Waals surface area (Å²) in [5, 5.41) is 12.6. The van der Waals surface area contributed by atoms with E-state index in [1.165, 1.54) is 0 Å². The van der Waals surface area contributed by atoms with E-state index >= 15 is 0 Å². The van der Waals surface area contributed by atoms with Gasteiger partial charge in [-0.1, -0.05) is 11.6 Å². The van der Waals surface area contributed by atoms with Crippen LogP contribution in [0.4, 0.5) is 0 Å². The average molecular weight is 279 g/mol. The summed E-state index contributed by atoms with van der Waals surface area (Å²) in [6, 6.07) is 1.75. The molecule has 100 valence electrons. The minimum absolute atomic E-state index is 0.0199. The first-order valence-electron chi connectivity index (χ1n) is 5.92. The standard InChI is InChI=1S/C13H15ClN4O/c1-7-5-10(8(2)16-15-7)12(19)6-11-9(3)17-18(4)13(11)14/h5H,6H2,1-4H3. The van der Waals surface area contributed by atoms with Gasteiger partial charge in [-0.05, 0) is 26.8 Å². The second-order valence-electron chi connectivity index (χ2n) is 4.56. The largest absolute Gasteiger partial charge is 0.294 e. The monoisotopic (exact) mass is 278 g/mol. The Balaban J connectivity index is 2.33. The van der Waals surface area contributed by atoms with E-state index in [1.807, 2.05) is 13.8 Å². The molecule has 0 fully saturated rings. The summed E-state index contributed by atoms with van der Waals surface area (Å²) in [6.07, 6.45) is 0.227. The summed E-state index contributed by atoms with van der Waals surface area (Å²) in [6.45, 7) is 5.43. The maximum atomic E-state index is 12.3. The van der Waals surface area contributed by atoms with Gasteiger partial charge >= 0.3 is 0 Å². The highest BCUT2D eigenvalue weighted by molar-refractivity contribution is 6.30. The van der Waals surface area contributed by atoms with E-state index in [4.69, 9.17) is 11.6 Å². The molecular weight excluding hydrogens is 264 g/mol. The minimum Gasteiger partial charge on any atom is -0.294 e. The number of nitrogens with zero attached hydrogens (tertiary/aromatic N) is 4. The van der Waals surface area contributed by atoms with Gasteiger partial charge in [0.25, 0.3) is 0 Å². The number of carbonyl (C=O) groups is 1. The van der Waals surface area contributed by atoms with Gasteiger partial charge in [0.1, 0.15) is 5.15 Å². The fourth-order valence-electron chi connectivity index (χ4n) is 1.96. The quantitative estimate of drug-likeness (QED) is 0.808. The van der Waals surface area contributed by atoms with Crippen molar-refractivity contribution >= 4 is 17.4 Å². The average Bonchev–Trinajstić information content (AvgIpc) is 2.59. The molecule has 2 aromatic heterocycles. The predicted molar refractivity (Wildman–Crippen MR) is 72.5 cm³/mol. The Morgan fingerprint density at radius 2 is 1.95 bits per heavy atom. The van der Waals surface area contributed by atoms with Crippen LogP contribution in [0.5, 0.6) is 0 Å². The maximum absolute atomic E-state index is 12.3. The lowest BCUT2D eigenvalue weighted by Crippen LogP contribution is -2.09. The highest BCUT2D eigenvalue weighted by Crippen LogP contribution is 2.21. The van der Waals surface area contributed by atoms with E-state index in [0.29, 0.717) is 16.4 Å². The van der Waals surface area contributed by atoms with Crippen LogP contribution < -0.4 is 0 Å². The van der Waals surface area contributed by atoms with Crippen molar-refractivity contribution in [3.63, 3.8) is 0 Å². The van der Waals surface area contributed by atoms with Crippen LogP contribution >= 0.6 is 11.6 Å². The molecule has 0 bridgehead atoms. The zero-order chi connectivity index (χ0) is 14.2. The van der Waals surface area contributed by atoms with Gasteiger partial charge in [0.05, 0.1) is 17.1 Å². The molecule has 0 aromatic carbocycles. The van der Waals surface area contributed by atoms with Crippen LogP contribution in [0, 0.1) is 20.8 Å². The Kier molecular flexibility index (Phi) is 3.66. The zero-order valence-electron chi connectivity index (χ0n) is 11.4. The first-order chi connectivity index (χ1) is 8.90. The molecule has 0 aliphatic heterocycles. The number of carbonyl (C=O) groups excluding carboxylic acids is 1. The van der Waals surface area contributed by atoms with E-state index < -0.39 is 0 Å². The fourth-order valence-corrected chi connectivity index (χ4v) is 2.20. The van der Waals surface area contributed by atoms with Crippen molar-refractivity contribution in [1.29, 1.82) is 0 Å². The van der Waals surface area contributed by atoms with E-state index in [0.717, 1.165) is 17.0 Å². The Morgan fingerprint density at radius 1 is 1.26 bits per heavy atom. The summed E-state index contributed by atoms with van der Waals surface area (Å²) in [5.74, 6) is -0.0199. The lowest BCUT2D eigenvalue weighted by atomic mass is 10.0. The highest BCUT2D eigenvalue weighted by Gasteiger charge is 2.18. The number of rotatable bonds is 3. The minimum atomic E-state index is -0.0199. The van der Waals surface area contributed by atoms with Crippen LogP contribution in [0.3, 0.4) is 0 Å². The molecule has 2 aromatic rings. The first-order valence-corrected chi connectivity index (χ1v) is 6.30. The van der Waals surface area contributed by atoms with Crippen LogP contribution in [0.15, 0.2) is 6.07 Å². The van der Waals surface area contributed by atoms with Gasteiger partial charge < -0.3 is 0 Å². The molecule has 0 saturated heterocycles. The van der Waals surface area contributed by atoms with Crippen molar-refractivity contribution in [3.8, 4) is 0 Å². The number of aromatic nitrogens is 4. The predicted octanol–water partition coefficient (Wildman–Crippen LogP) is 2.21. The molecular formula is C13H15ClN4O. The van der Waals surface area contributed by atoms with Crippen molar-refractivity contribution in [2.24, 2.45) is 7.05 Å². The van der Waals surface area contributed by atoms with Gasteiger partial charge in [0.15, 0.2) is 5.78 Å². The van der Waals surface area contributed by atoms with Crippen LogP contribution in [-0.4, -0.2) is 25.8 Å². The van der Waals surface area contributed by atoms with E-state index in [1.54, 1.807) is 24.7 Å². The van der Waals surface area contributed by atoms with Gasteiger partial charge in [-0.3, -0.25) is 9.48 Å². The lowest BCUT2D eigenvalue weighted by Gasteiger charge is -2.04. The molecule has 5 nitrogen and oxygen atoms in total. The second kappa shape index (κ2) is 5.09. The smallest absolute Gasteiger partial charge is 0.169 e. The topological polar surface area (TPSA) is 60.7 Å². The van der Waals surface area contributed by atoms with Crippen LogP contribution in [0.25, 0.3) is 0 Å².